The third-order valence-corrected chi connectivity index (χ3v) is 6.50. The lowest BCUT2D eigenvalue weighted by Crippen LogP contribution is -2.24. The molecule has 0 aliphatic carbocycles. The molecule has 0 aliphatic rings. The largest absolute Gasteiger partial charge is 0.467 e. The van der Waals surface area contributed by atoms with Crippen LogP contribution >= 0.6 is 11.8 Å². The molecule has 3 heterocycles. The van der Waals surface area contributed by atoms with Crippen molar-refractivity contribution in [3.05, 3.63) is 124 Å². The van der Waals surface area contributed by atoms with E-state index in [9.17, 15) is 9.59 Å². The van der Waals surface area contributed by atoms with Gasteiger partial charge in [-0.25, -0.2) is 4.98 Å². The van der Waals surface area contributed by atoms with Crippen molar-refractivity contribution in [3.8, 4) is 0 Å². The van der Waals surface area contributed by atoms with E-state index in [1.54, 1.807) is 41.4 Å². The molecule has 8 heteroatoms. The number of amides is 1. The van der Waals surface area contributed by atoms with Gasteiger partial charge in [-0.1, -0.05) is 42.1 Å². The first-order valence-electron chi connectivity index (χ1n) is 11.1. The number of carbonyl (C=O) groups excluding carboxylic acids is 1. The van der Waals surface area contributed by atoms with Crippen molar-refractivity contribution in [2.45, 2.75) is 24.0 Å². The number of para-hydroxylation sites is 1. The first kappa shape index (κ1) is 22.6. The quantitative estimate of drug-likeness (QED) is 0.256. The topological polar surface area (TPSA) is 90.0 Å². The minimum absolute atomic E-state index is 0.0898. The molecule has 7 nitrogen and oxygen atoms in total. The van der Waals surface area contributed by atoms with Gasteiger partial charge in [0, 0.05) is 23.7 Å². The number of hydrogen-bond donors (Lipinski definition) is 1. The van der Waals surface area contributed by atoms with Gasteiger partial charge in [0.2, 0.25) is 0 Å². The average molecular weight is 483 g/mol. The van der Waals surface area contributed by atoms with Crippen molar-refractivity contribution in [1.29, 1.82) is 0 Å². The SMILES string of the molecule is O=C(NCc1ccco1)c1cccc(CSc2nc3ccccc3c(=O)n2Cc2cccnc2)c1. The summed E-state index contributed by atoms with van der Waals surface area (Å²) in [7, 11) is 0. The maximum absolute atomic E-state index is 13.3. The number of fused-ring (bicyclic) bond motifs is 1. The summed E-state index contributed by atoms with van der Waals surface area (Å²) in [5.41, 5.74) is 3.01. The van der Waals surface area contributed by atoms with Crippen molar-refractivity contribution >= 4 is 28.6 Å². The number of nitrogens with zero attached hydrogens (tertiary/aromatic N) is 3. The molecule has 3 aromatic heterocycles. The van der Waals surface area contributed by atoms with Crippen LogP contribution in [0.15, 0.2) is 106 Å². The summed E-state index contributed by atoms with van der Waals surface area (Å²) in [4.78, 5) is 34.8. The second-order valence-electron chi connectivity index (χ2n) is 7.92. The van der Waals surface area contributed by atoms with Crippen LogP contribution < -0.4 is 10.9 Å². The highest BCUT2D eigenvalue weighted by Gasteiger charge is 2.13. The lowest BCUT2D eigenvalue weighted by atomic mass is 10.1. The fourth-order valence-electron chi connectivity index (χ4n) is 3.70. The average Bonchev–Trinajstić information content (AvgIpc) is 3.42. The van der Waals surface area contributed by atoms with Crippen molar-refractivity contribution in [3.63, 3.8) is 0 Å². The van der Waals surface area contributed by atoms with E-state index < -0.39 is 0 Å². The summed E-state index contributed by atoms with van der Waals surface area (Å²) in [6, 6.07) is 22.2. The van der Waals surface area contributed by atoms with E-state index in [-0.39, 0.29) is 11.5 Å². The van der Waals surface area contributed by atoms with E-state index in [0.717, 1.165) is 11.1 Å². The Hall–Kier alpha value is -4.17. The van der Waals surface area contributed by atoms with Gasteiger partial charge in [-0.2, -0.15) is 0 Å². The molecule has 1 N–H and O–H groups in total. The fourth-order valence-corrected chi connectivity index (χ4v) is 4.65. The van der Waals surface area contributed by atoms with E-state index in [1.165, 1.54) is 11.8 Å². The third kappa shape index (κ3) is 5.33. The number of hydrogen-bond acceptors (Lipinski definition) is 6. The molecule has 0 fully saturated rings. The van der Waals surface area contributed by atoms with E-state index in [1.807, 2.05) is 54.6 Å². The molecule has 0 unspecified atom stereocenters. The number of rotatable bonds is 8. The lowest BCUT2D eigenvalue weighted by molar-refractivity contribution is 0.0948. The molecular formula is C27H22N4O3S. The molecule has 0 radical (unpaired) electrons. The summed E-state index contributed by atoms with van der Waals surface area (Å²) in [5.74, 6) is 1.07. The first-order valence-corrected chi connectivity index (χ1v) is 12.1. The van der Waals surface area contributed by atoms with Crippen LogP contribution in [0.2, 0.25) is 0 Å². The number of benzene rings is 2. The summed E-state index contributed by atoms with van der Waals surface area (Å²) in [5, 5.41) is 4.06. The van der Waals surface area contributed by atoms with Crippen LogP contribution in [0.3, 0.4) is 0 Å². The Morgan fingerprint density at radius 2 is 1.89 bits per heavy atom. The van der Waals surface area contributed by atoms with Crippen LogP contribution in [-0.4, -0.2) is 20.4 Å². The Labute approximate surface area is 205 Å². The maximum Gasteiger partial charge on any atom is 0.262 e. The molecule has 0 aliphatic heterocycles. The minimum Gasteiger partial charge on any atom is -0.467 e. The van der Waals surface area contributed by atoms with E-state index in [2.05, 4.69) is 10.3 Å². The van der Waals surface area contributed by atoms with Crippen molar-refractivity contribution in [2.24, 2.45) is 0 Å². The zero-order chi connectivity index (χ0) is 24.0. The number of pyridine rings is 1. The number of nitrogens with one attached hydrogen (secondary N) is 1. The molecule has 5 aromatic rings. The molecule has 0 bridgehead atoms. The van der Waals surface area contributed by atoms with E-state index >= 15 is 0 Å². The highest BCUT2D eigenvalue weighted by atomic mass is 32.2. The van der Waals surface area contributed by atoms with Crippen molar-refractivity contribution in [2.75, 3.05) is 0 Å². The second kappa shape index (κ2) is 10.4. The molecule has 35 heavy (non-hydrogen) atoms. The molecule has 0 saturated heterocycles. The number of aromatic nitrogens is 3. The molecule has 1 amide bonds. The van der Waals surface area contributed by atoms with Gasteiger partial charge in [-0.15, -0.1) is 0 Å². The van der Waals surface area contributed by atoms with Gasteiger partial charge >= 0.3 is 0 Å². The molecular weight excluding hydrogens is 460 g/mol. The van der Waals surface area contributed by atoms with Crippen LogP contribution in [0.5, 0.6) is 0 Å². The van der Waals surface area contributed by atoms with Gasteiger partial charge in [0.25, 0.3) is 11.5 Å². The Morgan fingerprint density at radius 1 is 1.00 bits per heavy atom. The molecule has 174 valence electrons. The minimum atomic E-state index is -0.175. The predicted octanol–water partition coefficient (Wildman–Crippen LogP) is 4.66. The summed E-state index contributed by atoms with van der Waals surface area (Å²) in [6.45, 7) is 0.703. The van der Waals surface area contributed by atoms with Gasteiger partial charge in [0.1, 0.15) is 5.76 Å². The Kier molecular flexibility index (Phi) is 6.72. The monoisotopic (exact) mass is 482 g/mol. The molecule has 0 spiro atoms. The fraction of sp³-hybridized carbons (Fsp3) is 0.111. The number of furan rings is 1. The second-order valence-corrected chi connectivity index (χ2v) is 8.86. The summed E-state index contributed by atoms with van der Waals surface area (Å²) >= 11 is 1.46. The molecule has 0 atom stereocenters. The summed E-state index contributed by atoms with van der Waals surface area (Å²) < 4.78 is 6.95. The van der Waals surface area contributed by atoms with Gasteiger partial charge in [-0.3, -0.25) is 19.1 Å². The third-order valence-electron chi connectivity index (χ3n) is 5.45. The first-order chi connectivity index (χ1) is 17.2. The van der Waals surface area contributed by atoms with Crippen LogP contribution in [0, 0.1) is 0 Å². The zero-order valence-corrected chi connectivity index (χ0v) is 19.6. The molecule has 5 rings (SSSR count). The Morgan fingerprint density at radius 3 is 2.71 bits per heavy atom. The summed E-state index contributed by atoms with van der Waals surface area (Å²) in [6.07, 6.45) is 5.03. The van der Waals surface area contributed by atoms with Crippen molar-refractivity contribution in [1.82, 2.24) is 19.9 Å². The predicted molar refractivity (Wildman–Crippen MR) is 135 cm³/mol. The highest BCUT2D eigenvalue weighted by molar-refractivity contribution is 7.98. The number of thioether (sulfide) groups is 1. The van der Waals surface area contributed by atoms with Crippen molar-refractivity contribution < 1.29 is 9.21 Å². The normalized spacial score (nSPS) is 11.0. The lowest BCUT2D eigenvalue weighted by Gasteiger charge is -2.13. The van der Waals surface area contributed by atoms with Crippen LogP contribution in [0.4, 0.5) is 0 Å². The highest BCUT2D eigenvalue weighted by Crippen LogP contribution is 2.23. The maximum atomic E-state index is 13.3. The zero-order valence-electron chi connectivity index (χ0n) is 18.8. The number of carbonyl (C=O) groups is 1. The van der Waals surface area contributed by atoms with Crippen LogP contribution in [-0.2, 0) is 18.8 Å². The van der Waals surface area contributed by atoms with Gasteiger partial charge in [0.05, 0.1) is 30.3 Å². The van der Waals surface area contributed by atoms with Gasteiger partial charge in [-0.05, 0) is 53.6 Å². The van der Waals surface area contributed by atoms with Gasteiger partial charge < -0.3 is 9.73 Å². The van der Waals surface area contributed by atoms with E-state index in [4.69, 9.17) is 9.40 Å². The molecule has 0 saturated carbocycles. The van der Waals surface area contributed by atoms with Crippen LogP contribution in [0.1, 0.15) is 27.2 Å². The smallest absolute Gasteiger partial charge is 0.262 e. The molecule has 2 aromatic carbocycles. The standard InChI is InChI=1S/C27H22N4O3S/c32-25(29-16-22-9-5-13-34-22)21-8-3-6-19(14-21)18-35-27-30-24-11-2-1-10-23(24)26(33)31(27)17-20-7-4-12-28-15-20/h1-15H,16-18H2,(H,29,32). The van der Waals surface area contributed by atoms with Gasteiger partial charge in [0.15, 0.2) is 5.16 Å². The Balaban J connectivity index is 1.37. The van der Waals surface area contributed by atoms with Crippen LogP contribution in [0.25, 0.3) is 10.9 Å². The van der Waals surface area contributed by atoms with E-state index in [0.29, 0.717) is 46.2 Å². The Bertz CT molecular complexity index is 1520.